The monoisotopic (exact) mass is 506 g/mol. The Labute approximate surface area is 205 Å². The van der Waals surface area contributed by atoms with Gasteiger partial charge < -0.3 is 0 Å². The van der Waals surface area contributed by atoms with Crippen LogP contribution in [0.5, 0.6) is 0 Å². The molecule has 0 saturated heterocycles. The Morgan fingerprint density at radius 3 is 2.15 bits per heavy atom. The predicted octanol–water partition coefficient (Wildman–Crippen LogP) is 6.71. The molecular formula is C29H19BrN2O2. The van der Waals surface area contributed by atoms with Crippen LogP contribution in [0, 0.1) is 0 Å². The molecule has 5 heteroatoms. The number of para-hydroxylation sites is 1. The minimum atomic E-state index is -0.188. The molecule has 0 aliphatic heterocycles. The number of hydrogen-bond acceptors (Lipinski definition) is 3. The first-order chi connectivity index (χ1) is 16.6. The predicted molar refractivity (Wildman–Crippen MR) is 140 cm³/mol. The number of aromatic nitrogens is 2. The van der Waals surface area contributed by atoms with E-state index in [1.165, 1.54) is 10.6 Å². The molecule has 4 nitrogen and oxygen atoms in total. The summed E-state index contributed by atoms with van der Waals surface area (Å²) in [4.78, 5) is 30.9. The molecule has 5 aromatic rings. The third-order valence-electron chi connectivity index (χ3n) is 5.55. The van der Waals surface area contributed by atoms with Gasteiger partial charge in [0, 0.05) is 10.0 Å². The smallest absolute Gasteiger partial charge is 0.266 e. The fraction of sp³-hybridized carbons (Fsp3) is 0. The second-order valence-corrected chi connectivity index (χ2v) is 8.66. The maximum Gasteiger partial charge on any atom is 0.266 e. The first-order valence-electron chi connectivity index (χ1n) is 10.8. The van der Waals surface area contributed by atoms with Crippen molar-refractivity contribution >= 4 is 38.7 Å². The molecule has 0 radical (unpaired) electrons. The number of fused-ring (bicyclic) bond motifs is 1. The molecule has 1 heterocycles. The number of allylic oxidation sites excluding steroid dienone is 1. The molecule has 0 aliphatic rings. The summed E-state index contributed by atoms with van der Waals surface area (Å²) in [6, 6.07) is 32.1. The van der Waals surface area contributed by atoms with E-state index in [2.05, 4.69) is 20.9 Å². The van der Waals surface area contributed by atoms with Gasteiger partial charge in [-0.15, -0.1) is 0 Å². The van der Waals surface area contributed by atoms with Gasteiger partial charge in [-0.2, -0.15) is 0 Å². The highest BCUT2D eigenvalue weighted by Crippen LogP contribution is 2.20. The van der Waals surface area contributed by atoms with E-state index < -0.39 is 0 Å². The largest absolute Gasteiger partial charge is 0.289 e. The normalized spacial score (nSPS) is 11.2. The summed E-state index contributed by atoms with van der Waals surface area (Å²) in [5.41, 5.74) is 3.77. The van der Waals surface area contributed by atoms with Gasteiger partial charge in [-0.3, -0.25) is 14.2 Å². The van der Waals surface area contributed by atoms with Crippen molar-refractivity contribution in [2.45, 2.75) is 0 Å². The van der Waals surface area contributed by atoms with Crippen LogP contribution in [-0.4, -0.2) is 15.3 Å². The number of ketones is 1. The number of halogens is 1. The summed E-state index contributed by atoms with van der Waals surface area (Å²) in [7, 11) is 0. The summed E-state index contributed by atoms with van der Waals surface area (Å²) in [5.74, 6) is 0.227. The summed E-state index contributed by atoms with van der Waals surface area (Å²) >= 11 is 3.43. The SMILES string of the molecule is O=C(/C=C/c1nc2ccccc2c(=O)n1-c1ccc(Br)cc1)c1ccc(-c2ccccc2)cc1. The Morgan fingerprint density at radius 2 is 1.41 bits per heavy atom. The van der Waals surface area contributed by atoms with Crippen molar-refractivity contribution in [1.29, 1.82) is 0 Å². The summed E-state index contributed by atoms with van der Waals surface area (Å²) in [6.45, 7) is 0. The van der Waals surface area contributed by atoms with Crippen molar-refractivity contribution in [2.24, 2.45) is 0 Å². The molecule has 1 aromatic heterocycles. The third-order valence-corrected chi connectivity index (χ3v) is 6.08. The average Bonchev–Trinajstić information content (AvgIpc) is 2.89. The standard InChI is InChI=1S/C29H19BrN2O2/c30-23-14-16-24(17-15-23)32-28(31-26-9-5-4-8-25(26)29(32)34)19-18-27(33)22-12-10-21(11-13-22)20-6-2-1-3-7-20/h1-19H/b19-18+. The Bertz CT molecular complexity index is 1570. The zero-order chi connectivity index (χ0) is 23.5. The molecule has 0 atom stereocenters. The van der Waals surface area contributed by atoms with E-state index in [1.54, 1.807) is 18.2 Å². The molecule has 0 spiro atoms. The van der Waals surface area contributed by atoms with E-state index in [0.717, 1.165) is 15.6 Å². The molecule has 0 aliphatic carbocycles. The van der Waals surface area contributed by atoms with Gasteiger partial charge in [0.1, 0.15) is 5.82 Å². The van der Waals surface area contributed by atoms with Crippen molar-refractivity contribution in [2.75, 3.05) is 0 Å². The van der Waals surface area contributed by atoms with Gasteiger partial charge in [-0.25, -0.2) is 4.98 Å². The lowest BCUT2D eigenvalue weighted by molar-refractivity contribution is 0.104. The Morgan fingerprint density at radius 1 is 0.765 bits per heavy atom. The maximum absolute atomic E-state index is 13.3. The van der Waals surface area contributed by atoms with Crippen LogP contribution >= 0.6 is 15.9 Å². The molecule has 34 heavy (non-hydrogen) atoms. The lowest BCUT2D eigenvalue weighted by atomic mass is 10.0. The number of hydrogen-bond donors (Lipinski definition) is 0. The summed E-state index contributed by atoms with van der Waals surface area (Å²) in [6.07, 6.45) is 3.06. The quantitative estimate of drug-likeness (QED) is 0.196. The second-order valence-electron chi connectivity index (χ2n) is 7.75. The molecule has 164 valence electrons. The van der Waals surface area contributed by atoms with Gasteiger partial charge >= 0.3 is 0 Å². The average molecular weight is 507 g/mol. The van der Waals surface area contributed by atoms with Crippen LogP contribution < -0.4 is 5.56 Å². The van der Waals surface area contributed by atoms with Crippen molar-refractivity contribution in [3.63, 3.8) is 0 Å². The number of carbonyl (C=O) groups excluding carboxylic acids is 1. The van der Waals surface area contributed by atoms with Crippen LogP contribution in [0.1, 0.15) is 16.2 Å². The van der Waals surface area contributed by atoms with E-state index in [9.17, 15) is 9.59 Å². The third kappa shape index (κ3) is 4.38. The molecule has 0 fully saturated rings. The Kier molecular flexibility index (Phi) is 6.02. The molecular weight excluding hydrogens is 488 g/mol. The first kappa shape index (κ1) is 21.7. The van der Waals surface area contributed by atoms with Crippen LogP contribution in [0.15, 0.2) is 118 Å². The topological polar surface area (TPSA) is 52.0 Å². The van der Waals surface area contributed by atoms with Crippen LogP contribution in [-0.2, 0) is 0 Å². The lowest BCUT2D eigenvalue weighted by Gasteiger charge is -2.11. The van der Waals surface area contributed by atoms with Crippen molar-refractivity contribution in [1.82, 2.24) is 9.55 Å². The fourth-order valence-electron chi connectivity index (χ4n) is 3.81. The van der Waals surface area contributed by atoms with Gasteiger partial charge in [0.05, 0.1) is 16.6 Å². The van der Waals surface area contributed by atoms with Gasteiger partial charge in [-0.1, -0.05) is 82.7 Å². The number of benzene rings is 4. The van der Waals surface area contributed by atoms with E-state index >= 15 is 0 Å². The molecule has 0 saturated carbocycles. The van der Waals surface area contributed by atoms with Gasteiger partial charge in [-0.05, 0) is 59.7 Å². The van der Waals surface area contributed by atoms with Crippen molar-refractivity contribution in [3.05, 3.63) is 135 Å². The minimum Gasteiger partial charge on any atom is -0.289 e. The van der Waals surface area contributed by atoms with Crippen LogP contribution in [0.25, 0.3) is 33.8 Å². The molecule has 0 amide bonds. The highest BCUT2D eigenvalue weighted by atomic mass is 79.9. The minimum absolute atomic E-state index is 0.163. The molecule has 0 bridgehead atoms. The second kappa shape index (κ2) is 9.41. The highest BCUT2D eigenvalue weighted by molar-refractivity contribution is 9.10. The van der Waals surface area contributed by atoms with E-state index in [4.69, 9.17) is 0 Å². The molecule has 0 N–H and O–H groups in total. The van der Waals surface area contributed by atoms with Gasteiger partial charge in [0.25, 0.3) is 5.56 Å². The maximum atomic E-state index is 13.3. The lowest BCUT2D eigenvalue weighted by Crippen LogP contribution is -2.22. The van der Waals surface area contributed by atoms with Gasteiger partial charge in [0.15, 0.2) is 5.78 Å². The molecule has 4 aromatic carbocycles. The van der Waals surface area contributed by atoms with E-state index in [1.807, 2.05) is 91.0 Å². The van der Waals surface area contributed by atoms with E-state index in [0.29, 0.717) is 28.0 Å². The summed E-state index contributed by atoms with van der Waals surface area (Å²) in [5, 5.41) is 0.519. The van der Waals surface area contributed by atoms with Crippen molar-refractivity contribution < 1.29 is 4.79 Å². The Balaban J connectivity index is 1.52. The zero-order valence-corrected chi connectivity index (χ0v) is 19.6. The van der Waals surface area contributed by atoms with Gasteiger partial charge in [0.2, 0.25) is 0 Å². The number of nitrogens with zero attached hydrogens (tertiary/aromatic N) is 2. The van der Waals surface area contributed by atoms with Crippen LogP contribution in [0.4, 0.5) is 0 Å². The first-order valence-corrected chi connectivity index (χ1v) is 11.5. The number of rotatable bonds is 5. The highest BCUT2D eigenvalue weighted by Gasteiger charge is 2.12. The summed E-state index contributed by atoms with van der Waals surface area (Å²) < 4.78 is 2.43. The van der Waals surface area contributed by atoms with Crippen molar-refractivity contribution in [3.8, 4) is 16.8 Å². The van der Waals surface area contributed by atoms with Crippen LogP contribution in [0.2, 0.25) is 0 Å². The van der Waals surface area contributed by atoms with E-state index in [-0.39, 0.29) is 11.3 Å². The fourth-order valence-corrected chi connectivity index (χ4v) is 4.07. The molecule has 0 unspecified atom stereocenters. The number of carbonyl (C=O) groups is 1. The zero-order valence-electron chi connectivity index (χ0n) is 18.1. The molecule has 5 rings (SSSR count). The Hall–Kier alpha value is -4.09. The van der Waals surface area contributed by atoms with Crippen LogP contribution in [0.3, 0.4) is 0 Å².